The van der Waals surface area contributed by atoms with E-state index in [4.69, 9.17) is 0 Å². The van der Waals surface area contributed by atoms with Crippen molar-refractivity contribution >= 4 is 5.91 Å². The van der Waals surface area contributed by atoms with Crippen molar-refractivity contribution in [1.82, 2.24) is 20.4 Å². The minimum atomic E-state index is -0.0828. The van der Waals surface area contributed by atoms with Crippen molar-refractivity contribution in [3.63, 3.8) is 0 Å². The first-order valence-electron chi connectivity index (χ1n) is 6.99. The Morgan fingerprint density at radius 3 is 3.05 bits per heavy atom. The molecule has 1 unspecified atom stereocenters. The van der Waals surface area contributed by atoms with Crippen molar-refractivity contribution in [3.8, 4) is 0 Å². The quantitative estimate of drug-likeness (QED) is 0.856. The van der Waals surface area contributed by atoms with Gasteiger partial charge in [0, 0.05) is 12.7 Å². The van der Waals surface area contributed by atoms with Crippen LogP contribution in [-0.2, 0) is 11.3 Å². The van der Waals surface area contributed by atoms with Crippen molar-refractivity contribution in [2.24, 2.45) is 5.41 Å². The lowest BCUT2D eigenvalue weighted by atomic mass is 9.77. The molecule has 0 bridgehead atoms. The highest BCUT2D eigenvalue weighted by Crippen LogP contribution is 2.29. The molecule has 1 aromatic rings. The number of aromatic nitrogens is 2. The number of aryl methyl sites for hydroxylation is 1. The van der Waals surface area contributed by atoms with Crippen LogP contribution < -0.4 is 10.6 Å². The monoisotopic (exact) mass is 264 g/mol. The molecule has 1 aromatic heterocycles. The van der Waals surface area contributed by atoms with Gasteiger partial charge in [0.2, 0.25) is 5.91 Å². The molecule has 5 heteroatoms. The van der Waals surface area contributed by atoms with Crippen LogP contribution in [0.3, 0.4) is 0 Å². The molecular weight excluding hydrogens is 240 g/mol. The van der Waals surface area contributed by atoms with Crippen molar-refractivity contribution in [1.29, 1.82) is 0 Å². The van der Waals surface area contributed by atoms with Crippen LogP contribution in [-0.4, -0.2) is 34.8 Å². The summed E-state index contributed by atoms with van der Waals surface area (Å²) >= 11 is 0. The van der Waals surface area contributed by atoms with Crippen LogP contribution in [0.2, 0.25) is 0 Å². The maximum absolute atomic E-state index is 12.2. The first-order chi connectivity index (χ1) is 8.99. The fraction of sp³-hybridized carbons (Fsp3) is 0.714. The maximum atomic E-state index is 12.2. The Hall–Kier alpha value is -1.36. The Bertz CT molecular complexity index is 438. The largest absolute Gasteiger partial charge is 0.353 e. The minimum Gasteiger partial charge on any atom is -0.353 e. The molecule has 1 saturated heterocycles. The van der Waals surface area contributed by atoms with Crippen LogP contribution in [0.15, 0.2) is 12.4 Å². The predicted octanol–water partition coefficient (Wildman–Crippen LogP) is 1.09. The second-order valence-electron chi connectivity index (χ2n) is 6.05. The van der Waals surface area contributed by atoms with Crippen LogP contribution in [0.5, 0.6) is 0 Å². The minimum absolute atomic E-state index is 0.0324. The number of rotatable bonds is 4. The molecule has 1 aliphatic heterocycles. The normalized spacial score (nSPS) is 22.2. The molecule has 1 fully saturated rings. The average molecular weight is 264 g/mol. The molecule has 19 heavy (non-hydrogen) atoms. The average Bonchev–Trinajstić information content (AvgIpc) is 2.74. The van der Waals surface area contributed by atoms with Gasteiger partial charge in [0.1, 0.15) is 0 Å². The smallest absolute Gasteiger partial charge is 0.237 e. The van der Waals surface area contributed by atoms with E-state index >= 15 is 0 Å². The van der Waals surface area contributed by atoms with E-state index in [0.29, 0.717) is 13.1 Å². The highest BCUT2D eigenvalue weighted by Gasteiger charge is 2.36. The second-order valence-corrected chi connectivity index (χ2v) is 6.05. The predicted molar refractivity (Wildman–Crippen MR) is 74.8 cm³/mol. The van der Waals surface area contributed by atoms with Gasteiger partial charge in [-0.3, -0.25) is 9.48 Å². The topological polar surface area (TPSA) is 59.0 Å². The van der Waals surface area contributed by atoms with E-state index in [-0.39, 0.29) is 17.4 Å². The maximum Gasteiger partial charge on any atom is 0.237 e. The number of carbonyl (C=O) groups excluding carboxylic acids is 1. The van der Waals surface area contributed by atoms with Crippen LogP contribution in [0.4, 0.5) is 0 Å². The zero-order valence-electron chi connectivity index (χ0n) is 12.1. The van der Waals surface area contributed by atoms with E-state index in [0.717, 1.165) is 24.9 Å². The van der Waals surface area contributed by atoms with Crippen molar-refractivity contribution in [2.75, 3.05) is 13.1 Å². The molecule has 2 heterocycles. The molecule has 5 nitrogen and oxygen atoms in total. The fourth-order valence-corrected chi connectivity index (χ4v) is 2.64. The first kappa shape index (κ1) is 14.1. The van der Waals surface area contributed by atoms with Crippen LogP contribution in [0, 0.1) is 12.3 Å². The molecule has 1 amide bonds. The Morgan fingerprint density at radius 1 is 1.63 bits per heavy atom. The van der Waals surface area contributed by atoms with Crippen molar-refractivity contribution in [2.45, 2.75) is 46.2 Å². The lowest BCUT2D eigenvalue weighted by molar-refractivity contribution is -0.126. The Kier molecular flexibility index (Phi) is 4.24. The van der Waals surface area contributed by atoms with Gasteiger partial charge < -0.3 is 10.6 Å². The molecule has 0 saturated carbocycles. The zero-order chi connectivity index (χ0) is 13.9. The lowest BCUT2D eigenvalue weighted by Gasteiger charge is -2.38. The first-order valence-corrected chi connectivity index (χ1v) is 6.99. The number of nitrogens with zero attached hydrogens (tertiary/aromatic N) is 2. The van der Waals surface area contributed by atoms with Gasteiger partial charge in [-0.25, -0.2) is 0 Å². The number of hydrogen-bond donors (Lipinski definition) is 2. The molecule has 0 aliphatic carbocycles. The number of piperidine rings is 1. The number of carbonyl (C=O) groups is 1. The van der Waals surface area contributed by atoms with Gasteiger partial charge in [-0.1, -0.05) is 13.8 Å². The molecule has 0 radical (unpaired) electrons. The summed E-state index contributed by atoms with van der Waals surface area (Å²) in [6.07, 6.45) is 6.04. The number of amides is 1. The van der Waals surface area contributed by atoms with E-state index < -0.39 is 0 Å². The third kappa shape index (κ3) is 3.56. The van der Waals surface area contributed by atoms with Crippen molar-refractivity contribution in [3.05, 3.63) is 18.0 Å². The number of nitrogens with one attached hydrogen (secondary N) is 2. The Labute approximate surface area is 114 Å². The third-order valence-electron chi connectivity index (χ3n) is 3.79. The van der Waals surface area contributed by atoms with Crippen molar-refractivity contribution < 1.29 is 4.79 Å². The Morgan fingerprint density at radius 2 is 2.42 bits per heavy atom. The standard InChI is InChI=1S/C14H24N4O/c1-11-9-17-18(10-11)8-7-16-13(19)12-14(2,3)5-4-6-15-12/h9-10,12,15H,4-8H2,1-3H3,(H,16,19). The molecular formula is C14H24N4O. The molecule has 2 rings (SSSR count). The summed E-state index contributed by atoms with van der Waals surface area (Å²) < 4.78 is 1.86. The van der Waals surface area contributed by atoms with Crippen LogP contribution in [0.25, 0.3) is 0 Å². The zero-order valence-corrected chi connectivity index (χ0v) is 12.1. The summed E-state index contributed by atoms with van der Waals surface area (Å²) in [5, 5.41) is 10.5. The van der Waals surface area contributed by atoms with E-state index in [1.165, 1.54) is 0 Å². The SMILES string of the molecule is Cc1cnn(CCNC(=O)C2NCCCC2(C)C)c1. The summed E-state index contributed by atoms with van der Waals surface area (Å²) in [4.78, 5) is 12.2. The summed E-state index contributed by atoms with van der Waals surface area (Å²) in [7, 11) is 0. The van der Waals surface area contributed by atoms with E-state index in [9.17, 15) is 4.79 Å². The second kappa shape index (κ2) is 5.74. The van der Waals surface area contributed by atoms with Gasteiger partial charge in [0.05, 0.1) is 18.8 Å². The summed E-state index contributed by atoms with van der Waals surface area (Å²) in [5.41, 5.74) is 1.17. The van der Waals surface area contributed by atoms with Crippen LogP contribution >= 0.6 is 0 Å². The summed E-state index contributed by atoms with van der Waals surface area (Å²) in [6, 6.07) is -0.0828. The summed E-state index contributed by atoms with van der Waals surface area (Å²) in [6.45, 7) is 8.58. The van der Waals surface area contributed by atoms with Gasteiger partial charge in [0.25, 0.3) is 0 Å². The van der Waals surface area contributed by atoms with E-state index in [2.05, 4.69) is 29.6 Å². The molecule has 2 N–H and O–H groups in total. The van der Waals surface area contributed by atoms with Gasteiger partial charge in [0.15, 0.2) is 0 Å². The molecule has 106 valence electrons. The number of hydrogen-bond acceptors (Lipinski definition) is 3. The Balaban J connectivity index is 1.80. The molecule has 1 aliphatic rings. The van der Waals surface area contributed by atoms with Gasteiger partial charge in [-0.2, -0.15) is 5.10 Å². The molecule has 0 spiro atoms. The van der Waals surface area contributed by atoms with Gasteiger partial charge in [-0.15, -0.1) is 0 Å². The highest BCUT2D eigenvalue weighted by atomic mass is 16.2. The van der Waals surface area contributed by atoms with Gasteiger partial charge >= 0.3 is 0 Å². The fourth-order valence-electron chi connectivity index (χ4n) is 2.64. The van der Waals surface area contributed by atoms with Crippen LogP contribution in [0.1, 0.15) is 32.3 Å². The summed E-state index contributed by atoms with van der Waals surface area (Å²) in [5.74, 6) is 0.105. The third-order valence-corrected chi connectivity index (χ3v) is 3.79. The highest BCUT2D eigenvalue weighted by molar-refractivity contribution is 5.82. The molecule has 0 aromatic carbocycles. The van der Waals surface area contributed by atoms with E-state index in [1.54, 1.807) is 0 Å². The molecule has 1 atom stereocenters. The van der Waals surface area contributed by atoms with Gasteiger partial charge in [-0.05, 0) is 37.3 Å². The van der Waals surface area contributed by atoms with E-state index in [1.807, 2.05) is 24.0 Å². The lowest BCUT2D eigenvalue weighted by Crippen LogP contribution is -2.55.